The zero-order valence-electron chi connectivity index (χ0n) is 10.6. The summed E-state index contributed by atoms with van der Waals surface area (Å²) in [4.78, 5) is 8.14. The summed E-state index contributed by atoms with van der Waals surface area (Å²) >= 11 is 7.77. The van der Waals surface area contributed by atoms with Gasteiger partial charge in [0.2, 0.25) is 0 Å². The number of pyridine rings is 1. The summed E-state index contributed by atoms with van der Waals surface area (Å²) in [6.07, 6.45) is 1.83. The van der Waals surface area contributed by atoms with Crippen LogP contribution in [0.5, 0.6) is 0 Å². The monoisotopic (exact) mass is 280 g/mol. The number of rotatable bonds is 5. The van der Waals surface area contributed by atoms with E-state index in [-0.39, 0.29) is 0 Å². The maximum Gasteiger partial charge on any atom is 0.133 e. The molecule has 0 unspecified atom stereocenters. The van der Waals surface area contributed by atoms with E-state index < -0.39 is 0 Å². The second kappa shape index (κ2) is 6.21. The molecule has 0 aliphatic rings. The Kier molecular flexibility index (Phi) is 4.61. The van der Waals surface area contributed by atoms with Crippen molar-refractivity contribution in [2.24, 2.45) is 0 Å². The Morgan fingerprint density at radius 1 is 1.33 bits per heavy atom. The van der Waals surface area contributed by atoms with Gasteiger partial charge in [0.05, 0.1) is 12.4 Å². The first kappa shape index (κ1) is 13.4. The molecular weight excluding hydrogens is 264 g/mol. The normalized spacial score (nSPS) is 10.9. The van der Waals surface area contributed by atoms with E-state index in [0.717, 1.165) is 17.9 Å². The Hall–Kier alpha value is -1.06. The van der Waals surface area contributed by atoms with Crippen molar-refractivity contribution in [3.63, 3.8) is 0 Å². The Balaban J connectivity index is 2.29. The van der Waals surface area contributed by atoms with Crippen molar-refractivity contribution < 1.29 is 0 Å². The fourth-order valence-corrected chi connectivity index (χ4v) is 2.78. The van der Waals surface area contributed by atoms with Gasteiger partial charge >= 0.3 is 0 Å². The molecule has 0 N–H and O–H groups in total. The number of aromatic nitrogens is 1. The Labute approximate surface area is 117 Å². The summed E-state index contributed by atoms with van der Waals surface area (Å²) in [6, 6.07) is 8.61. The highest BCUT2D eigenvalue weighted by Crippen LogP contribution is 2.24. The van der Waals surface area contributed by atoms with Gasteiger partial charge in [-0.2, -0.15) is 0 Å². The first-order valence-corrected chi connectivity index (χ1v) is 7.42. The number of nitrogens with zero attached hydrogens (tertiary/aromatic N) is 2. The van der Waals surface area contributed by atoms with Gasteiger partial charge < -0.3 is 4.90 Å². The molecular formula is C14H17ClN2S. The minimum atomic E-state index is 0.393. The molecule has 2 heterocycles. The lowest BCUT2D eigenvalue weighted by Crippen LogP contribution is -2.31. The fourth-order valence-electron chi connectivity index (χ4n) is 1.87. The van der Waals surface area contributed by atoms with E-state index in [1.807, 2.05) is 18.3 Å². The van der Waals surface area contributed by atoms with Crippen LogP contribution in [0.1, 0.15) is 24.3 Å². The predicted molar refractivity (Wildman–Crippen MR) is 79.4 cm³/mol. The van der Waals surface area contributed by atoms with Crippen molar-refractivity contribution in [2.75, 3.05) is 4.90 Å². The van der Waals surface area contributed by atoms with Crippen LogP contribution < -0.4 is 4.90 Å². The van der Waals surface area contributed by atoms with E-state index in [2.05, 4.69) is 41.2 Å². The van der Waals surface area contributed by atoms with Crippen molar-refractivity contribution in [1.29, 1.82) is 0 Å². The summed E-state index contributed by atoms with van der Waals surface area (Å²) in [6.45, 7) is 5.25. The third-order valence-electron chi connectivity index (χ3n) is 2.81. The van der Waals surface area contributed by atoms with Crippen LogP contribution in [0.25, 0.3) is 0 Å². The maximum absolute atomic E-state index is 6.00. The van der Waals surface area contributed by atoms with Gasteiger partial charge in [0.25, 0.3) is 0 Å². The molecule has 0 bridgehead atoms. The molecule has 0 aromatic carbocycles. The second-order valence-electron chi connectivity index (χ2n) is 4.42. The van der Waals surface area contributed by atoms with E-state index in [9.17, 15) is 0 Å². The Bertz CT molecular complexity index is 482. The highest BCUT2D eigenvalue weighted by molar-refractivity contribution is 7.09. The van der Waals surface area contributed by atoms with Crippen LogP contribution in [-0.2, 0) is 12.4 Å². The lowest BCUT2D eigenvalue weighted by Gasteiger charge is -2.29. The van der Waals surface area contributed by atoms with E-state index in [1.165, 1.54) is 4.88 Å². The molecule has 2 rings (SSSR count). The molecule has 2 aromatic heterocycles. The zero-order valence-corrected chi connectivity index (χ0v) is 12.2. The average molecular weight is 281 g/mol. The van der Waals surface area contributed by atoms with E-state index in [1.54, 1.807) is 11.3 Å². The number of halogens is 1. The summed E-state index contributed by atoms with van der Waals surface area (Å²) in [7, 11) is 0. The molecule has 0 saturated carbocycles. The van der Waals surface area contributed by atoms with Crippen molar-refractivity contribution >= 4 is 28.8 Å². The van der Waals surface area contributed by atoms with Crippen molar-refractivity contribution in [2.45, 2.75) is 32.3 Å². The zero-order chi connectivity index (χ0) is 13.0. The molecule has 0 fully saturated rings. The van der Waals surface area contributed by atoms with Crippen LogP contribution in [0.3, 0.4) is 0 Å². The van der Waals surface area contributed by atoms with Gasteiger partial charge in [-0.25, -0.2) is 4.98 Å². The summed E-state index contributed by atoms with van der Waals surface area (Å²) in [5.41, 5.74) is 1.09. The Morgan fingerprint density at radius 3 is 2.78 bits per heavy atom. The third kappa shape index (κ3) is 3.03. The molecule has 0 atom stereocenters. The van der Waals surface area contributed by atoms with Crippen LogP contribution in [0.2, 0.25) is 0 Å². The molecule has 96 valence electrons. The third-order valence-corrected chi connectivity index (χ3v) is 3.96. The minimum absolute atomic E-state index is 0.393. The number of anilines is 1. The van der Waals surface area contributed by atoms with Crippen molar-refractivity contribution in [3.8, 4) is 0 Å². The highest BCUT2D eigenvalue weighted by Gasteiger charge is 2.16. The molecule has 0 aliphatic carbocycles. The molecule has 0 saturated heterocycles. The van der Waals surface area contributed by atoms with Crippen LogP contribution in [0.4, 0.5) is 5.82 Å². The number of alkyl halides is 1. The number of thiophene rings is 1. The minimum Gasteiger partial charge on any atom is -0.349 e. The van der Waals surface area contributed by atoms with Gasteiger partial charge in [0, 0.05) is 22.7 Å². The summed E-state index contributed by atoms with van der Waals surface area (Å²) in [5.74, 6) is 1.49. The van der Waals surface area contributed by atoms with Gasteiger partial charge in [-0.05, 0) is 31.4 Å². The SMILES string of the molecule is CC(C)N(Cc1cccs1)c1ncccc1CCl. The maximum atomic E-state index is 6.00. The first-order valence-electron chi connectivity index (χ1n) is 6.01. The lowest BCUT2D eigenvalue weighted by atomic mass is 10.2. The lowest BCUT2D eigenvalue weighted by molar-refractivity contribution is 0.674. The molecule has 0 radical (unpaired) electrons. The van der Waals surface area contributed by atoms with Crippen LogP contribution in [0.15, 0.2) is 35.8 Å². The first-order chi connectivity index (χ1) is 8.72. The standard InChI is InChI=1S/C14H17ClN2S/c1-11(2)17(10-13-6-4-8-18-13)14-12(9-15)5-3-7-16-14/h3-8,11H,9-10H2,1-2H3. The van der Waals surface area contributed by atoms with E-state index >= 15 is 0 Å². The quantitative estimate of drug-likeness (QED) is 0.759. The number of hydrogen-bond donors (Lipinski definition) is 0. The molecule has 4 heteroatoms. The molecule has 2 nitrogen and oxygen atoms in total. The van der Waals surface area contributed by atoms with Gasteiger partial charge in [0.15, 0.2) is 0 Å². The van der Waals surface area contributed by atoms with Crippen LogP contribution in [-0.4, -0.2) is 11.0 Å². The fraction of sp³-hybridized carbons (Fsp3) is 0.357. The van der Waals surface area contributed by atoms with Gasteiger partial charge in [-0.3, -0.25) is 0 Å². The molecule has 0 amide bonds. The van der Waals surface area contributed by atoms with E-state index in [0.29, 0.717) is 11.9 Å². The molecule has 0 spiro atoms. The topological polar surface area (TPSA) is 16.1 Å². The number of hydrogen-bond acceptors (Lipinski definition) is 3. The van der Waals surface area contributed by atoms with Gasteiger partial charge in [-0.15, -0.1) is 22.9 Å². The second-order valence-corrected chi connectivity index (χ2v) is 5.72. The predicted octanol–water partition coefficient (Wildman–Crippen LogP) is 4.30. The molecule has 2 aromatic rings. The smallest absolute Gasteiger partial charge is 0.133 e. The largest absolute Gasteiger partial charge is 0.349 e. The Morgan fingerprint density at radius 2 is 2.17 bits per heavy atom. The summed E-state index contributed by atoms with van der Waals surface area (Å²) < 4.78 is 0. The van der Waals surface area contributed by atoms with Crippen molar-refractivity contribution in [3.05, 3.63) is 46.3 Å². The summed E-state index contributed by atoms with van der Waals surface area (Å²) in [5, 5.41) is 2.11. The van der Waals surface area contributed by atoms with E-state index in [4.69, 9.17) is 11.6 Å². The highest BCUT2D eigenvalue weighted by atomic mass is 35.5. The van der Waals surface area contributed by atoms with Crippen LogP contribution >= 0.6 is 22.9 Å². The molecule has 18 heavy (non-hydrogen) atoms. The average Bonchev–Trinajstić information content (AvgIpc) is 2.88. The van der Waals surface area contributed by atoms with Gasteiger partial charge in [-0.1, -0.05) is 12.1 Å². The van der Waals surface area contributed by atoms with Crippen LogP contribution in [0, 0.1) is 0 Å². The van der Waals surface area contributed by atoms with Crippen molar-refractivity contribution in [1.82, 2.24) is 4.98 Å². The van der Waals surface area contributed by atoms with Gasteiger partial charge in [0.1, 0.15) is 5.82 Å². The molecule has 0 aliphatic heterocycles.